The van der Waals surface area contributed by atoms with Crippen molar-refractivity contribution in [3.05, 3.63) is 35.4 Å². The molecular formula is C18H26F2N2O. The van der Waals surface area contributed by atoms with Gasteiger partial charge in [0.15, 0.2) is 0 Å². The number of amides is 1. The quantitative estimate of drug-likeness (QED) is 0.838. The van der Waals surface area contributed by atoms with Gasteiger partial charge in [-0.15, -0.1) is 0 Å². The molecule has 0 heterocycles. The second-order valence-corrected chi connectivity index (χ2v) is 6.53. The highest BCUT2D eigenvalue weighted by Gasteiger charge is 2.20. The number of carbonyl (C=O) groups excluding carboxylic acids is 1. The monoisotopic (exact) mass is 324 g/mol. The van der Waals surface area contributed by atoms with Crippen molar-refractivity contribution >= 4 is 5.91 Å². The van der Waals surface area contributed by atoms with Gasteiger partial charge in [0.05, 0.1) is 6.04 Å². The van der Waals surface area contributed by atoms with Crippen LogP contribution in [0.4, 0.5) is 8.78 Å². The molecule has 0 spiro atoms. The third kappa shape index (κ3) is 5.27. The number of hydrogen-bond donors (Lipinski definition) is 2. The molecule has 0 radical (unpaired) electrons. The Kier molecular flexibility index (Phi) is 6.51. The second-order valence-electron chi connectivity index (χ2n) is 6.53. The molecular weight excluding hydrogens is 298 g/mol. The van der Waals surface area contributed by atoms with E-state index in [2.05, 4.69) is 10.6 Å². The van der Waals surface area contributed by atoms with Crippen molar-refractivity contribution < 1.29 is 13.6 Å². The van der Waals surface area contributed by atoms with Crippen molar-refractivity contribution in [3.8, 4) is 0 Å². The Hall–Kier alpha value is -1.49. The lowest BCUT2D eigenvalue weighted by Crippen LogP contribution is -2.44. The van der Waals surface area contributed by atoms with Gasteiger partial charge >= 0.3 is 0 Å². The first-order valence-electron chi connectivity index (χ1n) is 8.46. The van der Waals surface area contributed by atoms with Crippen LogP contribution in [0.2, 0.25) is 0 Å². The fourth-order valence-corrected chi connectivity index (χ4v) is 3.18. The average molecular weight is 324 g/mol. The number of hydrogen-bond acceptors (Lipinski definition) is 2. The van der Waals surface area contributed by atoms with E-state index in [4.69, 9.17) is 0 Å². The lowest BCUT2D eigenvalue weighted by molar-refractivity contribution is -0.123. The summed E-state index contributed by atoms with van der Waals surface area (Å²) in [5.74, 6) is -0.701. The van der Waals surface area contributed by atoms with Crippen LogP contribution in [0.15, 0.2) is 18.2 Å². The molecule has 0 aliphatic heterocycles. The number of carbonyl (C=O) groups is 1. The van der Waals surface area contributed by atoms with E-state index in [1.54, 1.807) is 13.8 Å². The highest BCUT2D eigenvalue weighted by molar-refractivity contribution is 5.81. The van der Waals surface area contributed by atoms with Gasteiger partial charge in [0.2, 0.25) is 5.91 Å². The molecule has 2 atom stereocenters. The van der Waals surface area contributed by atoms with Crippen LogP contribution in [0.1, 0.15) is 57.6 Å². The Balaban J connectivity index is 1.82. The zero-order valence-electron chi connectivity index (χ0n) is 13.9. The van der Waals surface area contributed by atoms with Crippen molar-refractivity contribution in [3.63, 3.8) is 0 Å². The lowest BCUT2D eigenvalue weighted by Gasteiger charge is -2.24. The topological polar surface area (TPSA) is 41.1 Å². The van der Waals surface area contributed by atoms with E-state index in [1.807, 2.05) is 0 Å². The van der Waals surface area contributed by atoms with Crippen molar-refractivity contribution in [1.29, 1.82) is 0 Å². The minimum Gasteiger partial charge on any atom is -0.354 e. The summed E-state index contributed by atoms with van der Waals surface area (Å²) in [4.78, 5) is 12.2. The van der Waals surface area contributed by atoms with E-state index < -0.39 is 17.7 Å². The van der Waals surface area contributed by atoms with Gasteiger partial charge in [0, 0.05) is 24.2 Å². The molecule has 2 unspecified atom stereocenters. The third-order valence-electron chi connectivity index (χ3n) is 4.61. The van der Waals surface area contributed by atoms with Crippen molar-refractivity contribution in [2.45, 2.75) is 58.0 Å². The second kappa shape index (κ2) is 8.39. The van der Waals surface area contributed by atoms with Crippen LogP contribution < -0.4 is 10.6 Å². The molecule has 2 N–H and O–H groups in total. The summed E-state index contributed by atoms with van der Waals surface area (Å²) in [5, 5.41) is 6.05. The van der Waals surface area contributed by atoms with Crippen LogP contribution in [0.5, 0.6) is 0 Å². The zero-order chi connectivity index (χ0) is 16.8. The largest absolute Gasteiger partial charge is 0.354 e. The summed E-state index contributed by atoms with van der Waals surface area (Å²) >= 11 is 0. The normalized spacial score (nSPS) is 18.4. The molecule has 1 fully saturated rings. The lowest BCUT2D eigenvalue weighted by atomic mass is 9.89. The standard InChI is InChI=1S/C18H26F2N2O/c1-12(16-9-8-15(19)10-17(16)20)22-13(2)18(23)21-11-14-6-4-3-5-7-14/h8-10,12-14,22H,3-7,11H2,1-2H3,(H,21,23). The Bertz CT molecular complexity index is 530. The summed E-state index contributed by atoms with van der Waals surface area (Å²) in [5.41, 5.74) is 0.360. The Morgan fingerprint density at radius 2 is 1.91 bits per heavy atom. The van der Waals surface area contributed by atoms with E-state index in [1.165, 1.54) is 44.2 Å². The first-order valence-corrected chi connectivity index (χ1v) is 8.46. The minimum absolute atomic E-state index is 0.0788. The molecule has 23 heavy (non-hydrogen) atoms. The molecule has 0 bridgehead atoms. The smallest absolute Gasteiger partial charge is 0.236 e. The van der Waals surface area contributed by atoms with Gasteiger partial charge in [-0.25, -0.2) is 8.78 Å². The Labute approximate surface area is 136 Å². The van der Waals surface area contributed by atoms with Gasteiger partial charge in [0.25, 0.3) is 0 Å². The zero-order valence-corrected chi connectivity index (χ0v) is 13.9. The third-order valence-corrected chi connectivity index (χ3v) is 4.61. The molecule has 5 heteroatoms. The molecule has 2 rings (SSSR count). The Morgan fingerprint density at radius 3 is 2.57 bits per heavy atom. The van der Waals surface area contributed by atoms with Gasteiger partial charge < -0.3 is 5.32 Å². The van der Waals surface area contributed by atoms with Gasteiger partial charge in [-0.1, -0.05) is 25.3 Å². The predicted molar refractivity (Wildman–Crippen MR) is 87.0 cm³/mol. The van der Waals surface area contributed by atoms with Crippen molar-refractivity contribution in [2.75, 3.05) is 6.54 Å². The van der Waals surface area contributed by atoms with Crippen LogP contribution in [0.3, 0.4) is 0 Å². The fourth-order valence-electron chi connectivity index (χ4n) is 3.18. The van der Waals surface area contributed by atoms with E-state index in [0.717, 1.165) is 6.07 Å². The molecule has 128 valence electrons. The van der Waals surface area contributed by atoms with Gasteiger partial charge in [-0.2, -0.15) is 0 Å². The summed E-state index contributed by atoms with van der Waals surface area (Å²) in [6.45, 7) is 4.24. The van der Waals surface area contributed by atoms with Crippen LogP contribution in [-0.4, -0.2) is 18.5 Å². The summed E-state index contributed by atoms with van der Waals surface area (Å²) < 4.78 is 26.7. The van der Waals surface area contributed by atoms with Gasteiger partial charge in [0.1, 0.15) is 11.6 Å². The van der Waals surface area contributed by atoms with Crippen molar-refractivity contribution in [1.82, 2.24) is 10.6 Å². The number of halogens is 2. The maximum Gasteiger partial charge on any atom is 0.236 e. The van der Waals surface area contributed by atoms with Crippen LogP contribution in [0, 0.1) is 17.6 Å². The van der Waals surface area contributed by atoms with Gasteiger partial charge in [-0.05, 0) is 38.7 Å². The summed E-state index contributed by atoms with van der Waals surface area (Å²) in [6, 6.07) is 2.70. The first-order chi connectivity index (χ1) is 11.0. The first kappa shape index (κ1) is 17.9. The van der Waals surface area contributed by atoms with Crippen LogP contribution in [-0.2, 0) is 4.79 Å². The van der Waals surface area contributed by atoms with E-state index in [-0.39, 0.29) is 11.9 Å². The van der Waals surface area contributed by atoms with E-state index in [9.17, 15) is 13.6 Å². The fraction of sp³-hybridized carbons (Fsp3) is 0.611. The van der Waals surface area contributed by atoms with Crippen LogP contribution in [0.25, 0.3) is 0 Å². The number of nitrogens with one attached hydrogen (secondary N) is 2. The average Bonchev–Trinajstić information content (AvgIpc) is 2.53. The molecule has 1 aliphatic rings. The van der Waals surface area contributed by atoms with Crippen molar-refractivity contribution in [2.24, 2.45) is 5.92 Å². The summed E-state index contributed by atoms with van der Waals surface area (Å²) in [7, 11) is 0. The maximum atomic E-state index is 13.8. The van der Waals surface area contributed by atoms with Crippen LogP contribution >= 0.6 is 0 Å². The number of rotatable bonds is 6. The van der Waals surface area contributed by atoms with E-state index >= 15 is 0 Å². The van der Waals surface area contributed by atoms with Gasteiger partial charge in [-0.3, -0.25) is 10.1 Å². The molecule has 0 saturated heterocycles. The minimum atomic E-state index is -0.600. The Morgan fingerprint density at radius 1 is 1.22 bits per heavy atom. The molecule has 1 saturated carbocycles. The molecule has 1 aliphatic carbocycles. The SMILES string of the molecule is CC(NC(C)c1ccc(F)cc1F)C(=O)NCC1CCCCC1. The molecule has 3 nitrogen and oxygen atoms in total. The number of benzene rings is 1. The molecule has 1 aromatic rings. The predicted octanol–water partition coefficient (Wildman–Crippen LogP) is 3.70. The van der Waals surface area contributed by atoms with E-state index in [0.29, 0.717) is 18.0 Å². The highest BCUT2D eigenvalue weighted by Crippen LogP contribution is 2.23. The molecule has 1 aromatic carbocycles. The molecule has 0 aromatic heterocycles. The highest BCUT2D eigenvalue weighted by atomic mass is 19.1. The maximum absolute atomic E-state index is 13.8. The summed E-state index contributed by atoms with van der Waals surface area (Å²) in [6.07, 6.45) is 6.14. The molecule has 1 amide bonds.